The molecule has 0 N–H and O–H groups in total. The van der Waals surface area contributed by atoms with Gasteiger partial charge in [0.2, 0.25) is 0 Å². The first kappa shape index (κ1) is 17.9. The van der Waals surface area contributed by atoms with E-state index < -0.39 is 4.92 Å². The molecule has 0 bridgehead atoms. The van der Waals surface area contributed by atoms with Crippen molar-refractivity contribution in [2.24, 2.45) is 0 Å². The van der Waals surface area contributed by atoms with Gasteiger partial charge >= 0.3 is 0 Å². The molecule has 0 spiro atoms. The number of rotatable bonds is 6. The number of methoxy groups -OCH3 is 1. The average molecular weight is 393 g/mol. The highest BCUT2D eigenvalue weighted by molar-refractivity contribution is 7.98. The predicted octanol–water partition coefficient (Wildman–Crippen LogP) is 4.00. The minimum absolute atomic E-state index is 0.0851. The van der Waals surface area contributed by atoms with Crippen molar-refractivity contribution in [1.82, 2.24) is 19.8 Å². The third kappa shape index (κ3) is 3.65. The molecule has 0 aliphatic rings. The first-order chi connectivity index (χ1) is 13.6. The maximum Gasteiger partial charge on any atom is 0.269 e. The average Bonchev–Trinajstić information content (AvgIpc) is 3.16. The van der Waals surface area contributed by atoms with Crippen LogP contribution in [0.4, 0.5) is 5.69 Å². The molecule has 0 saturated carbocycles. The van der Waals surface area contributed by atoms with Crippen molar-refractivity contribution in [3.8, 4) is 17.1 Å². The van der Waals surface area contributed by atoms with Crippen LogP contribution in [0.2, 0.25) is 0 Å². The zero-order chi connectivity index (χ0) is 19.5. The van der Waals surface area contributed by atoms with Gasteiger partial charge < -0.3 is 4.74 Å². The molecule has 0 amide bonds. The van der Waals surface area contributed by atoms with Crippen molar-refractivity contribution in [1.29, 1.82) is 0 Å². The van der Waals surface area contributed by atoms with Crippen LogP contribution in [0, 0.1) is 10.1 Å². The van der Waals surface area contributed by atoms with Crippen LogP contribution in [-0.2, 0) is 5.75 Å². The van der Waals surface area contributed by atoms with E-state index in [4.69, 9.17) is 4.74 Å². The van der Waals surface area contributed by atoms with E-state index in [0.717, 1.165) is 21.9 Å². The number of nitro groups is 1. The van der Waals surface area contributed by atoms with Gasteiger partial charge in [0.05, 0.1) is 12.0 Å². The molecule has 0 aliphatic heterocycles. The molecule has 0 aliphatic carbocycles. The topological polar surface area (TPSA) is 95.5 Å². The molecule has 0 atom stereocenters. The Morgan fingerprint density at radius 2 is 1.79 bits per heavy atom. The second kappa shape index (κ2) is 7.65. The maximum atomic E-state index is 10.7. The molecule has 4 rings (SSSR count). The number of nitrogens with zero attached hydrogens (tertiary/aromatic N) is 5. The summed E-state index contributed by atoms with van der Waals surface area (Å²) in [7, 11) is 1.62. The molecule has 0 unspecified atom stereocenters. The zero-order valence-electron chi connectivity index (χ0n) is 14.8. The summed E-state index contributed by atoms with van der Waals surface area (Å²) in [6.45, 7) is 0. The Morgan fingerprint density at radius 1 is 1.04 bits per heavy atom. The lowest BCUT2D eigenvalue weighted by molar-refractivity contribution is -0.384. The summed E-state index contributed by atoms with van der Waals surface area (Å²) < 4.78 is 6.90. The summed E-state index contributed by atoms with van der Waals surface area (Å²) in [5.41, 5.74) is 2.61. The summed E-state index contributed by atoms with van der Waals surface area (Å²) in [5, 5.41) is 24.6. The van der Waals surface area contributed by atoms with Gasteiger partial charge in [0.15, 0.2) is 11.5 Å². The smallest absolute Gasteiger partial charge is 0.269 e. The van der Waals surface area contributed by atoms with Gasteiger partial charge in [-0.1, -0.05) is 23.9 Å². The van der Waals surface area contributed by atoms with Crippen molar-refractivity contribution in [3.63, 3.8) is 0 Å². The van der Waals surface area contributed by atoms with Gasteiger partial charge in [-0.15, -0.1) is 10.2 Å². The van der Waals surface area contributed by atoms with Gasteiger partial charge in [-0.25, -0.2) is 0 Å². The summed E-state index contributed by atoms with van der Waals surface area (Å²) in [6.07, 6.45) is 0. The molecule has 0 radical (unpaired) electrons. The van der Waals surface area contributed by atoms with Gasteiger partial charge in [-0.3, -0.25) is 10.1 Å². The summed E-state index contributed by atoms with van der Waals surface area (Å²) in [5.74, 6) is 2.07. The quantitative estimate of drug-likeness (QED) is 0.277. The van der Waals surface area contributed by atoms with Gasteiger partial charge in [0, 0.05) is 23.4 Å². The Morgan fingerprint density at radius 3 is 2.46 bits per heavy atom. The second-order valence-corrected chi connectivity index (χ2v) is 6.90. The first-order valence-electron chi connectivity index (χ1n) is 8.37. The number of fused-ring (bicyclic) bond motifs is 1. The number of ether oxygens (including phenoxy) is 1. The Balaban J connectivity index is 1.56. The molecule has 28 heavy (non-hydrogen) atoms. The van der Waals surface area contributed by atoms with Crippen molar-refractivity contribution < 1.29 is 9.66 Å². The van der Waals surface area contributed by atoms with Crippen LogP contribution in [0.1, 0.15) is 5.56 Å². The number of thioether (sulfide) groups is 1. The molecule has 4 aromatic rings. The van der Waals surface area contributed by atoms with Crippen LogP contribution >= 0.6 is 11.8 Å². The van der Waals surface area contributed by atoms with Crippen LogP contribution in [-0.4, -0.2) is 31.8 Å². The lowest BCUT2D eigenvalue weighted by atomic mass is 10.2. The van der Waals surface area contributed by atoms with Gasteiger partial charge in [-0.05, 0) is 42.0 Å². The molecular weight excluding hydrogens is 378 g/mol. The molecule has 0 fully saturated rings. The largest absolute Gasteiger partial charge is 0.497 e. The summed E-state index contributed by atoms with van der Waals surface area (Å²) >= 11 is 1.54. The minimum Gasteiger partial charge on any atom is -0.497 e. The highest BCUT2D eigenvalue weighted by Crippen LogP contribution is 2.25. The van der Waals surface area contributed by atoms with Crippen molar-refractivity contribution in [2.75, 3.05) is 7.11 Å². The first-order valence-corrected chi connectivity index (χ1v) is 9.35. The number of hydrogen-bond donors (Lipinski definition) is 0. The summed E-state index contributed by atoms with van der Waals surface area (Å²) in [6, 6.07) is 17.8. The Kier molecular flexibility index (Phi) is 4.90. The Labute approximate surface area is 164 Å². The van der Waals surface area contributed by atoms with E-state index in [-0.39, 0.29) is 5.69 Å². The number of non-ortho nitro benzene ring substituents is 1. The van der Waals surface area contributed by atoms with Crippen LogP contribution in [0.5, 0.6) is 5.75 Å². The number of benzene rings is 2. The SMILES string of the molecule is COc1ccc(-c2nnc3ccc(SCc4ccc([N+](=O)[O-])cc4)nn23)cc1. The Hall–Kier alpha value is -3.46. The monoisotopic (exact) mass is 393 g/mol. The van der Waals surface area contributed by atoms with Crippen LogP contribution in [0.25, 0.3) is 17.0 Å². The fraction of sp³-hybridized carbons (Fsp3) is 0.105. The van der Waals surface area contributed by atoms with Gasteiger partial charge in [-0.2, -0.15) is 9.61 Å². The van der Waals surface area contributed by atoms with E-state index >= 15 is 0 Å². The van der Waals surface area contributed by atoms with Crippen molar-refractivity contribution in [2.45, 2.75) is 10.8 Å². The van der Waals surface area contributed by atoms with Crippen LogP contribution in [0.3, 0.4) is 0 Å². The van der Waals surface area contributed by atoms with Crippen LogP contribution < -0.4 is 4.74 Å². The van der Waals surface area contributed by atoms with Crippen molar-refractivity contribution in [3.05, 3.63) is 76.3 Å². The molecule has 9 heteroatoms. The molecule has 140 valence electrons. The zero-order valence-corrected chi connectivity index (χ0v) is 15.7. The number of aromatic nitrogens is 4. The normalized spacial score (nSPS) is 10.9. The highest BCUT2D eigenvalue weighted by atomic mass is 32.2. The van der Waals surface area contributed by atoms with E-state index in [0.29, 0.717) is 17.2 Å². The third-order valence-corrected chi connectivity index (χ3v) is 5.11. The summed E-state index contributed by atoms with van der Waals surface area (Å²) in [4.78, 5) is 10.3. The van der Waals surface area contributed by atoms with E-state index in [1.807, 2.05) is 36.4 Å². The van der Waals surface area contributed by atoms with E-state index in [2.05, 4.69) is 15.3 Å². The van der Waals surface area contributed by atoms with E-state index in [1.54, 1.807) is 23.8 Å². The van der Waals surface area contributed by atoms with Crippen molar-refractivity contribution >= 4 is 23.1 Å². The second-order valence-electron chi connectivity index (χ2n) is 5.91. The molecule has 0 saturated heterocycles. The molecule has 2 aromatic heterocycles. The number of hydrogen-bond acceptors (Lipinski definition) is 7. The lowest BCUT2D eigenvalue weighted by Crippen LogP contribution is -1.97. The third-order valence-electron chi connectivity index (χ3n) is 4.12. The standard InChI is InChI=1S/C19H15N5O3S/c1-27-16-8-4-14(5-9-16)19-21-20-17-10-11-18(22-23(17)19)28-12-13-2-6-15(7-3-13)24(25)26/h2-11H,12H2,1H3. The van der Waals surface area contributed by atoms with Crippen LogP contribution in [0.15, 0.2) is 65.7 Å². The van der Waals surface area contributed by atoms with E-state index in [1.165, 1.54) is 23.9 Å². The fourth-order valence-corrected chi connectivity index (χ4v) is 3.45. The Bertz CT molecular complexity index is 1130. The van der Waals surface area contributed by atoms with E-state index in [9.17, 15) is 10.1 Å². The molecule has 2 aromatic carbocycles. The minimum atomic E-state index is -0.404. The highest BCUT2D eigenvalue weighted by Gasteiger charge is 2.11. The fourth-order valence-electron chi connectivity index (χ4n) is 2.64. The predicted molar refractivity (Wildman–Crippen MR) is 105 cm³/mol. The number of nitro benzene ring substituents is 1. The van der Waals surface area contributed by atoms with Gasteiger partial charge in [0.1, 0.15) is 10.8 Å². The molecule has 2 heterocycles. The molecule has 8 nitrogen and oxygen atoms in total. The lowest BCUT2D eigenvalue weighted by Gasteiger charge is -2.04. The van der Waals surface area contributed by atoms with Gasteiger partial charge in [0.25, 0.3) is 5.69 Å². The molecular formula is C19H15N5O3S. The maximum absolute atomic E-state index is 10.7.